The first-order chi connectivity index (χ1) is 16.0. The van der Waals surface area contributed by atoms with Gasteiger partial charge >= 0.3 is 5.69 Å². The van der Waals surface area contributed by atoms with Crippen molar-refractivity contribution in [3.05, 3.63) is 80.5 Å². The van der Waals surface area contributed by atoms with Crippen LogP contribution in [-0.2, 0) is 13.1 Å². The summed E-state index contributed by atoms with van der Waals surface area (Å²) in [6.45, 7) is 3.06. The average molecular weight is 453 g/mol. The van der Waals surface area contributed by atoms with E-state index in [4.69, 9.17) is 9.26 Å². The Labute approximate surface area is 190 Å². The van der Waals surface area contributed by atoms with Crippen molar-refractivity contribution in [2.45, 2.75) is 25.9 Å². The number of H-pyrrole nitrogens is 2. The molecule has 0 aliphatic carbocycles. The van der Waals surface area contributed by atoms with Crippen LogP contribution in [0.2, 0.25) is 0 Å². The Morgan fingerprint density at radius 2 is 2.03 bits per heavy atom. The molecule has 3 heterocycles. The molecule has 1 fully saturated rings. The van der Waals surface area contributed by atoms with E-state index in [1.807, 2.05) is 37.4 Å². The van der Waals surface area contributed by atoms with E-state index >= 15 is 0 Å². The second-order valence-electron chi connectivity index (χ2n) is 8.38. The molecule has 1 aromatic carbocycles. The van der Waals surface area contributed by atoms with E-state index in [0.717, 1.165) is 42.5 Å². The normalized spacial score (nSPS) is 16.2. The molecule has 0 unspecified atom stereocenters. The zero-order chi connectivity index (χ0) is 23.2. The molecule has 2 N–H and O–H groups in total. The smallest absolute Gasteiger partial charge is 0.326 e. The number of amides is 1. The molecule has 174 valence electrons. The Kier molecular flexibility index (Phi) is 7.04. The molecule has 1 amide bonds. The van der Waals surface area contributed by atoms with Gasteiger partial charge in [0.2, 0.25) is 0 Å². The van der Waals surface area contributed by atoms with Crippen molar-refractivity contribution in [3.63, 3.8) is 0 Å². The fourth-order valence-corrected chi connectivity index (χ4v) is 4.01. The summed E-state index contributed by atoms with van der Waals surface area (Å²) in [6, 6.07) is 10.9. The van der Waals surface area contributed by atoms with E-state index in [0.29, 0.717) is 26.2 Å². The molecule has 33 heavy (non-hydrogen) atoms. The molecule has 0 bridgehead atoms. The van der Waals surface area contributed by atoms with Crippen LogP contribution in [0, 0.1) is 5.92 Å². The van der Waals surface area contributed by atoms with Crippen LogP contribution in [0.4, 0.5) is 0 Å². The van der Waals surface area contributed by atoms with Crippen LogP contribution in [0.5, 0.6) is 5.75 Å². The zero-order valence-electron chi connectivity index (χ0n) is 18.5. The summed E-state index contributed by atoms with van der Waals surface area (Å²) < 4.78 is 10.8. The van der Waals surface area contributed by atoms with Crippen molar-refractivity contribution in [2.24, 2.45) is 5.92 Å². The second-order valence-corrected chi connectivity index (χ2v) is 8.38. The molecule has 0 saturated carbocycles. The van der Waals surface area contributed by atoms with Gasteiger partial charge in [0.1, 0.15) is 17.7 Å². The summed E-state index contributed by atoms with van der Waals surface area (Å²) in [5.41, 5.74) is 0.786. The number of benzene rings is 1. The van der Waals surface area contributed by atoms with Crippen LogP contribution in [-0.4, -0.2) is 57.6 Å². The van der Waals surface area contributed by atoms with Gasteiger partial charge in [0.25, 0.3) is 11.5 Å². The Bertz CT molecular complexity index is 1140. The number of rotatable bonds is 8. The van der Waals surface area contributed by atoms with Crippen LogP contribution >= 0.6 is 0 Å². The van der Waals surface area contributed by atoms with Gasteiger partial charge in [-0.1, -0.05) is 17.3 Å². The van der Waals surface area contributed by atoms with E-state index in [1.54, 1.807) is 11.2 Å². The lowest BCUT2D eigenvalue weighted by Gasteiger charge is -2.32. The predicted octanol–water partition coefficient (Wildman–Crippen LogP) is 1.61. The van der Waals surface area contributed by atoms with Gasteiger partial charge in [0.15, 0.2) is 0 Å². The molecule has 1 atom stereocenters. The summed E-state index contributed by atoms with van der Waals surface area (Å²) in [6.07, 6.45) is 3.35. The quantitative estimate of drug-likeness (QED) is 0.531. The molecule has 1 aliphatic heterocycles. The van der Waals surface area contributed by atoms with E-state index in [9.17, 15) is 14.4 Å². The molecule has 2 aromatic heterocycles. The summed E-state index contributed by atoms with van der Waals surface area (Å²) in [4.78, 5) is 44.0. The molecule has 3 aromatic rings. The van der Waals surface area contributed by atoms with Gasteiger partial charge in [0, 0.05) is 44.2 Å². The Morgan fingerprint density at radius 3 is 2.76 bits per heavy atom. The molecule has 1 saturated heterocycles. The van der Waals surface area contributed by atoms with Crippen LogP contribution in [0.25, 0.3) is 0 Å². The van der Waals surface area contributed by atoms with Crippen molar-refractivity contribution in [1.82, 2.24) is 24.9 Å². The highest BCUT2D eigenvalue weighted by atomic mass is 16.5. The number of hydrogen-bond donors (Lipinski definition) is 2. The number of likely N-dealkylation sites (tertiary alicyclic amines) is 1. The minimum Gasteiger partial charge on any atom is -0.493 e. The highest BCUT2D eigenvalue weighted by molar-refractivity contribution is 5.92. The average Bonchev–Trinajstić information content (AvgIpc) is 3.30. The molecule has 4 rings (SSSR count). The fourth-order valence-electron chi connectivity index (χ4n) is 4.01. The minimum absolute atomic E-state index is 0.00873. The van der Waals surface area contributed by atoms with Crippen LogP contribution in [0.3, 0.4) is 0 Å². The van der Waals surface area contributed by atoms with Crippen molar-refractivity contribution in [3.8, 4) is 5.75 Å². The topological polar surface area (TPSA) is 125 Å². The molecule has 0 spiro atoms. The first-order valence-corrected chi connectivity index (χ1v) is 10.9. The number of aromatic amines is 2. The Hall–Kier alpha value is -3.66. The zero-order valence-corrected chi connectivity index (χ0v) is 18.5. The second kappa shape index (κ2) is 10.3. The molecular weight excluding hydrogens is 426 g/mol. The van der Waals surface area contributed by atoms with Crippen molar-refractivity contribution < 1.29 is 14.1 Å². The molecule has 10 nitrogen and oxygen atoms in total. The van der Waals surface area contributed by atoms with E-state index in [2.05, 4.69) is 20.0 Å². The van der Waals surface area contributed by atoms with Gasteiger partial charge in [-0.3, -0.25) is 19.5 Å². The molecular formula is C23H27N5O5. The molecule has 0 radical (unpaired) electrons. The number of nitrogens with one attached hydrogen (secondary N) is 2. The maximum absolute atomic E-state index is 12.7. The van der Waals surface area contributed by atoms with Gasteiger partial charge in [-0.25, -0.2) is 4.79 Å². The Balaban J connectivity index is 1.27. The van der Waals surface area contributed by atoms with E-state index in [-0.39, 0.29) is 17.5 Å². The van der Waals surface area contributed by atoms with Crippen molar-refractivity contribution in [2.75, 3.05) is 26.7 Å². The van der Waals surface area contributed by atoms with Gasteiger partial charge in [-0.2, -0.15) is 0 Å². The number of aromatic nitrogens is 3. The first kappa shape index (κ1) is 22.5. The predicted molar refractivity (Wildman–Crippen MR) is 120 cm³/mol. The number of carbonyl (C=O) groups is 1. The number of piperidine rings is 1. The fraction of sp³-hybridized carbons (Fsp3) is 0.391. The number of ether oxygens (including phenoxy) is 1. The van der Waals surface area contributed by atoms with Gasteiger partial charge in [0.05, 0.1) is 12.3 Å². The summed E-state index contributed by atoms with van der Waals surface area (Å²) >= 11 is 0. The van der Waals surface area contributed by atoms with E-state index < -0.39 is 11.2 Å². The molecule has 1 aliphatic rings. The van der Waals surface area contributed by atoms with Gasteiger partial charge in [-0.15, -0.1) is 0 Å². The third-order valence-corrected chi connectivity index (χ3v) is 5.58. The lowest BCUT2D eigenvalue weighted by atomic mass is 9.98. The largest absolute Gasteiger partial charge is 0.493 e. The first-order valence-electron chi connectivity index (χ1n) is 10.9. The lowest BCUT2D eigenvalue weighted by molar-refractivity contribution is 0.0627. The third kappa shape index (κ3) is 6.19. The number of nitrogens with zero attached hydrogens (tertiary/aromatic N) is 3. The summed E-state index contributed by atoms with van der Waals surface area (Å²) in [5, 5.41) is 3.93. The van der Waals surface area contributed by atoms with E-state index in [1.165, 1.54) is 0 Å². The van der Waals surface area contributed by atoms with Crippen LogP contribution < -0.4 is 16.0 Å². The van der Waals surface area contributed by atoms with Crippen LogP contribution in [0.1, 0.15) is 34.6 Å². The maximum atomic E-state index is 12.7. The van der Waals surface area contributed by atoms with Crippen molar-refractivity contribution >= 4 is 5.91 Å². The molecule has 10 heteroatoms. The highest BCUT2D eigenvalue weighted by Gasteiger charge is 2.25. The maximum Gasteiger partial charge on any atom is 0.326 e. The standard InChI is InChI=1S/C23H27N5O5/c1-27(14-18-8-10-33-26-18)12-16-4-6-19(7-5-16)32-15-17-3-2-9-28(13-17)22(30)20-11-21(29)25-23(31)24-20/h4-8,10-11,17H,2-3,9,12-15H2,1H3,(H2,24,25,29,31)/t17-/m1/s1. The SMILES string of the molecule is CN(Cc1ccc(OC[C@@H]2CCCN(C(=O)c3cc(=O)[nH]c(=O)[nH]3)C2)cc1)Cc1ccon1. The summed E-state index contributed by atoms with van der Waals surface area (Å²) in [7, 11) is 2.02. The van der Waals surface area contributed by atoms with Gasteiger partial charge < -0.3 is 19.1 Å². The third-order valence-electron chi connectivity index (χ3n) is 5.58. The number of carbonyl (C=O) groups excluding carboxylic acids is 1. The van der Waals surface area contributed by atoms with Crippen molar-refractivity contribution in [1.29, 1.82) is 0 Å². The minimum atomic E-state index is -0.685. The highest BCUT2D eigenvalue weighted by Crippen LogP contribution is 2.20. The monoisotopic (exact) mass is 453 g/mol. The van der Waals surface area contributed by atoms with Crippen LogP contribution in [0.15, 0.2) is 56.8 Å². The Morgan fingerprint density at radius 1 is 1.21 bits per heavy atom. The lowest BCUT2D eigenvalue weighted by Crippen LogP contribution is -2.43. The summed E-state index contributed by atoms with van der Waals surface area (Å²) in [5.74, 6) is 0.604. The number of hydrogen-bond acceptors (Lipinski definition) is 7. The van der Waals surface area contributed by atoms with Gasteiger partial charge in [-0.05, 0) is 37.6 Å².